The van der Waals surface area contributed by atoms with E-state index in [2.05, 4.69) is 27.7 Å². The van der Waals surface area contributed by atoms with Gasteiger partial charge in [-0.25, -0.2) is 8.78 Å². The zero-order chi connectivity index (χ0) is 17.2. The van der Waals surface area contributed by atoms with Gasteiger partial charge in [0.2, 0.25) is 0 Å². The first-order chi connectivity index (χ1) is 12.2. The quantitative estimate of drug-likeness (QED) is 0.738. The minimum absolute atomic E-state index is 0.198. The summed E-state index contributed by atoms with van der Waals surface area (Å²) in [5.41, 5.74) is 1.65. The molecule has 1 atom stereocenters. The molecule has 1 aromatic heterocycles. The zero-order valence-corrected chi connectivity index (χ0v) is 14.7. The van der Waals surface area contributed by atoms with Gasteiger partial charge in [0.05, 0.1) is 6.04 Å². The molecule has 130 valence electrons. The van der Waals surface area contributed by atoms with E-state index in [9.17, 15) is 8.78 Å². The van der Waals surface area contributed by atoms with Gasteiger partial charge in [-0.3, -0.25) is 4.90 Å². The van der Waals surface area contributed by atoms with Gasteiger partial charge in [0.15, 0.2) is 0 Å². The second-order valence-corrected chi connectivity index (χ2v) is 7.31. The number of nitrogens with zero attached hydrogens (tertiary/aromatic N) is 1. The van der Waals surface area contributed by atoms with Crippen molar-refractivity contribution in [2.24, 2.45) is 0 Å². The molecule has 1 saturated heterocycles. The maximum atomic E-state index is 14.7. The van der Waals surface area contributed by atoms with Crippen LogP contribution in [0.5, 0.6) is 0 Å². The molecule has 4 rings (SSSR count). The SMILES string of the molecule is Fc1ccc(C(c2csc3ccccc23)N2CCCNCC2)c(F)c1. The zero-order valence-electron chi connectivity index (χ0n) is 13.8. The lowest BCUT2D eigenvalue weighted by atomic mass is 9.95. The highest BCUT2D eigenvalue weighted by molar-refractivity contribution is 7.17. The highest BCUT2D eigenvalue weighted by Crippen LogP contribution is 2.38. The van der Waals surface area contributed by atoms with E-state index in [-0.39, 0.29) is 6.04 Å². The van der Waals surface area contributed by atoms with Crippen molar-refractivity contribution in [1.29, 1.82) is 0 Å². The number of benzene rings is 2. The predicted molar refractivity (Wildman–Crippen MR) is 99.1 cm³/mol. The van der Waals surface area contributed by atoms with Crippen LogP contribution < -0.4 is 5.32 Å². The van der Waals surface area contributed by atoms with E-state index in [0.29, 0.717) is 5.56 Å². The summed E-state index contributed by atoms with van der Waals surface area (Å²) in [5, 5.41) is 6.67. The van der Waals surface area contributed by atoms with E-state index in [4.69, 9.17) is 0 Å². The number of halogens is 2. The largest absolute Gasteiger partial charge is 0.315 e. The first kappa shape index (κ1) is 16.6. The van der Waals surface area contributed by atoms with Gasteiger partial charge in [-0.2, -0.15) is 0 Å². The maximum absolute atomic E-state index is 14.7. The summed E-state index contributed by atoms with van der Waals surface area (Å²) >= 11 is 1.68. The predicted octanol–water partition coefficient (Wildman–Crippen LogP) is 4.56. The maximum Gasteiger partial charge on any atom is 0.131 e. The summed E-state index contributed by atoms with van der Waals surface area (Å²) in [6, 6.07) is 12.0. The Hall–Kier alpha value is -1.82. The number of nitrogens with one attached hydrogen (secondary N) is 1. The Balaban J connectivity index is 1.85. The Kier molecular flexibility index (Phi) is 4.79. The summed E-state index contributed by atoms with van der Waals surface area (Å²) in [6.07, 6.45) is 1.02. The van der Waals surface area contributed by atoms with Crippen molar-refractivity contribution in [1.82, 2.24) is 10.2 Å². The van der Waals surface area contributed by atoms with Gasteiger partial charge in [0, 0.05) is 36.0 Å². The van der Waals surface area contributed by atoms with Crippen LogP contribution in [-0.2, 0) is 0 Å². The fourth-order valence-electron chi connectivity index (χ4n) is 3.62. The van der Waals surface area contributed by atoms with Gasteiger partial charge in [0.25, 0.3) is 0 Å². The van der Waals surface area contributed by atoms with E-state index in [0.717, 1.165) is 49.6 Å². The fraction of sp³-hybridized carbons (Fsp3) is 0.300. The molecule has 0 saturated carbocycles. The number of hydrogen-bond donors (Lipinski definition) is 1. The second kappa shape index (κ2) is 7.20. The van der Waals surface area contributed by atoms with Gasteiger partial charge >= 0.3 is 0 Å². The van der Waals surface area contributed by atoms with Gasteiger partial charge in [-0.15, -0.1) is 11.3 Å². The van der Waals surface area contributed by atoms with Crippen LogP contribution in [-0.4, -0.2) is 31.1 Å². The van der Waals surface area contributed by atoms with Crippen molar-refractivity contribution in [2.75, 3.05) is 26.2 Å². The van der Waals surface area contributed by atoms with Gasteiger partial charge in [0.1, 0.15) is 11.6 Å². The number of thiophene rings is 1. The molecular weight excluding hydrogens is 338 g/mol. The molecule has 0 spiro atoms. The van der Waals surface area contributed by atoms with E-state index in [1.807, 2.05) is 12.1 Å². The smallest absolute Gasteiger partial charge is 0.131 e. The first-order valence-electron chi connectivity index (χ1n) is 8.60. The molecule has 0 aliphatic carbocycles. The van der Waals surface area contributed by atoms with E-state index < -0.39 is 11.6 Å². The van der Waals surface area contributed by atoms with Crippen LogP contribution in [0.3, 0.4) is 0 Å². The molecule has 1 aliphatic rings. The van der Waals surface area contributed by atoms with Crippen LogP contribution in [0.1, 0.15) is 23.6 Å². The summed E-state index contributed by atoms with van der Waals surface area (Å²) in [5.74, 6) is -1.01. The van der Waals surface area contributed by atoms with Gasteiger partial charge in [-0.05, 0) is 41.4 Å². The molecule has 2 aromatic carbocycles. The van der Waals surface area contributed by atoms with E-state index in [1.165, 1.54) is 10.8 Å². The molecule has 5 heteroatoms. The molecule has 0 bridgehead atoms. The highest BCUT2D eigenvalue weighted by atomic mass is 32.1. The van der Waals surface area contributed by atoms with Crippen LogP contribution in [0.2, 0.25) is 0 Å². The molecule has 0 radical (unpaired) electrons. The average Bonchev–Trinajstić information content (AvgIpc) is 2.84. The van der Waals surface area contributed by atoms with Gasteiger partial charge < -0.3 is 5.32 Å². The van der Waals surface area contributed by atoms with Crippen molar-refractivity contribution in [3.05, 3.63) is 70.6 Å². The van der Waals surface area contributed by atoms with Crippen molar-refractivity contribution < 1.29 is 8.78 Å². The second-order valence-electron chi connectivity index (χ2n) is 6.40. The lowest BCUT2D eigenvalue weighted by Gasteiger charge is -2.31. The third kappa shape index (κ3) is 3.32. The summed E-state index contributed by atoms with van der Waals surface area (Å²) in [4.78, 5) is 2.31. The van der Waals surface area contributed by atoms with Crippen molar-refractivity contribution in [2.45, 2.75) is 12.5 Å². The van der Waals surface area contributed by atoms with Crippen molar-refractivity contribution in [3.63, 3.8) is 0 Å². The topological polar surface area (TPSA) is 15.3 Å². The summed E-state index contributed by atoms with van der Waals surface area (Å²) in [7, 11) is 0. The van der Waals surface area contributed by atoms with Gasteiger partial charge in [-0.1, -0.05) is 24.3 Å². The fourth-order valence-corrected chi connectivity index (χ4v) is 4.60. The molecule has 1 unspecified atom stereocenters. The van der Waals surface area contributed by atoms with Crippen molar-refractivity contribution >= 4 is 21.4 Å². The Morgan fingerprint density at radius 2 is 1.88 bits per heavy atom. The highest BCUT2D eigenvalue weighted by Gasteiger charge is 2.28. The first-order valence-corrected chi connectivity index (χ1v) is 9.48. The lowest BCUT2D eigenvalue weighted by molar-refractivity contribution is 0.238. The van der Waals surface area contributed by atoms with Crippen LogP contribution >= 0.6 is 11.3 Å². The standard InChI is InChI=1S/C20H20F2N2S/c21-14-6-7-16(18(22)12-14)20(24-10-3-8-23-9-11-24)17-13-25-19-5-2-1-4-15(17)19/h1-2,4-7,12-13,20,23H,3,8-11H2. The Labute approximate surface area is 150 Å². The normalized spacial score (nSPS) is 17.5. The molecule has 25 heavy (non-hydrogen) atoms. The molecule has 1 N–H and O–H groups in total. The summed E-state index contributed by atoms with van der Waals surface area (Å²) < 4.78 is 29.3. The average molecular weight is 358 g/mol. The monoisotopic (exact) mass is 358 g/mol. The Morgan fingerprint density at radius 3 is 2.76 bits per heavy atom. The number of fused-ring (bicyclic) bond motifs is 1. The van der Waals surface area contributed by atoms with Crippen LogP contribution in [0.25, 0.3) is 10.1 Å². The molecule has 0 amide bonds. The van der Waals surface area contributed by atoms with Crippen LogP contribution in [0, 0.1) is 11.6 Å². The molecule has 1 fully saturated rings. The number of hydrogen-bond acceptors (Lipinski definition) is 3. The Morgan fingerprint density at radius 1 is 1.00 bits per heavy atom. The van der Waals surface area contributed by atoms with Crippen molar-refractivity contribution in [3.8, 4) is 0 Å². The van der Waals surface area contributed by atoms with E-state index >= 15 is 0 Å². The lowest BCUT2D eigenvalue weighted by Crippen LogP contribution is -2.33. The third-order valence-corrected chi connectivity index (χ3v) is 5.78. The molecular formula is C20H20F2N2S. The molecule has 3 aromatic rings. The van der Waals surface area contributed by atoms with Crippen LogP contribution in [0.15, 0.2) is 47.8 Å². The molecule has 2 heterocycles. The third-order valence-electron chi connectivity index (χ3n) is 4.80. The minimum Gasteiger partial charge on any atom is -0.315 e. The number of rotatable bonds is 3. The minimum atomic E-state index is -0.535. The Bertz CT molecular complexity index is 869. The van der Waals surface area contributed by atoms with Crippen LogP contribution in [0.4, 0.5) is 8.78 Å². The molecule has 2 nitrogen and oxygen atoms in total. The summed E-state index contributed by atoms with van der Waals surface area (Å²) in [6.45, 7) is 3.57. The van der Waals surface area contributed by atoms with E-state index in [1.54, 1.807) is 17.4 Å². The molecule has 1 aliphatic heterocycles.